The third-order valence-electron chi connectivity index (χ3n) is 2.65. The third kappa shape index (κ3) is 2.72. The highest BCUT2D eigenvalue weighted by molar-refractivity contribution is 7.80. The van der Waals surface area contributed by atoms with Gasteiger partial charge in [0.2, 0.25) is 0 Å². The molecule has 1 rings (SSSR count). The second-order valence-electron chi connectivity index (χ2n) is 3.97. The van der Waals surface area contributed by atoms with Crippen LogP contribution in [0, 0.1) is 5.41 Å². The summed E-state index contributed by atoms with van der Waals surface area (Å²) in [5.74, 6) is 0. The van der Waals surface area contributed by atoms with Crippen LogP contribution in [0.3, 0.4) is 0 Å². The van der Waals surface area contributed by atoms with E-state index in [1.165, 1.54) is 12.8 Å². The molecule has 0 amide bonds. The van der Waals surface area contributed by atoms with E-state index in [2.05, 4.69) is 18.9 Å². The Hall–Kier alpha value is -0.150. The first-order valence-electron chi connectivity index (χ1n) is 4.55. The molecule has 0 bridgehead atoms. The molecule has 0 atom stereocenters. The topological polar surface area (TPSA) is 29.3 Å². The highest BCUT2D eigenvalue weighted by Crippen LogP contribution is 2.49. The molecule has 70 valence electrons. The molecule has 1 aliphatic rings. The fourth-order valence-electron chi connectivity index (χ4n) is 1.62. The van der Waals surface area contributed by atoms with E-state index in [4.69, 9.17) is 18.0 Å². The van der Waals surface area contributed by atoms with Crippen LogP contribution in [-0.4, -0.2) is 30.0 Å². The van der Waals surface area contributed by atoms with Gasteiger partial charge in [0, 0.05) is 13.0 Å². The number of rotatable bonds is 5. The van der Waals surface area contributed by atoms with Crippen molar-refractivity contribution in [3.05, 3.63) is 0 Å². The van der Waals surface area contributed by atoms with Crippen molar-refractivity contribution in [2.75, 3.05) is 20.1 Å². The monoisotopic (exact) mass is 186 g/mol. The average Bonchev–Trinajstić information content (AvgIpc) is 2.67. The van der Waals surface area contributed by atoms with Crippen LogP contribution in [0.4, 0.5) is 0 Å². The highest BCUT2D eigenvalue weighted by Gasteiger charge is 2.43. The minimum atomic E-state index is 0.455. The van der Waals surface area contributed by atoms with Gasteiger partial charge in [-0.3, -0.25) is 0 Å². The fraction of sp³-hybridized carbons (Fsp3) is 0.889. The van der Waals surface area contributed by atoms with Gasteiger partial charge in [-0.25, -0.2) is 0 Å². The summed E-state index contributed by atoms with van der Waals surface area (Å²) in [6.45, 7) is 4.44. The minimum absolute atomic E-state index is 0.455. The summed E-state index contributed by atoms with van der Waals surface area (Å²) < 4.78 is 0. The van der Waals surface area contributed by atoms with Gasteiger partial charge in [-0.2, -0.15) is 0 Å². The summed E-state index contributed by atoms with van der Waals surface area (Å²) in [7, 11) is 2.15. The first-order chi connectivity index (χ1) is 5.58. The van der Waals surface area contributed by atoms with Crippen LogP contribution < -0.4 is 5.73 Å². The van der Waals surface area contributed by atoms with Crippen molar-refractivity contribution in [1.29, 1.82) is 0 Å². The van der Waals surface area contributed by atoms with Gasteiger partial charge >= 0.3 is 0 Å². The van der Waals surface area contributed by atoms with Gasteiger partial charge < -0.3 is 10.6 Å². The van der Waals surface area contributed by atoms with Crippen molar-refractivity contribution in [2.24, 2.45) is 11.1 Å². The highest BCUT2D eigenvalue weighted by atomic mass is 32.1. The van der Waals surface area contributed by atoms with Crippen LogP contribution in [0.15, 0.2) is 0 Å². The van der Waals surface area contributed by atoms with Gasteiger partial charge in [-0.1, -0.05) is 19.1 Å². The number of thiocarbonyl (C=S) groups is 1. The molecule has 1 fully saturated rings. The zero-order valence-corrected chi connectivity index (χ0v) is 8.78. The van der Waals surface area contributed by atoms with Crippen LogP contribution >= 0.6 is 12.2 Å². The van der Waals surface area contributed by atoms with E-state index in [9.17, 15) is 0 Å². The Balaban J connectivity index is 2.34. The van der Waals surface area contributed by atoms with Crippen molar-refractivity contribution in [3.63, 3.8) is 0 Å². The largest absolute Gasteiger partial charge is 0.393 e. The van der Waals surface area contributed by atoms with Gasteiger partial charge in [0.15, 0.2) is 0 Å². The lowest BCUT2D eigenvalue weighted by Crippen LogP contribution is -2.29. The van der Waals surface area contributed by atoms with Gasteiger partial charge in [-0.05, 0) is 31.8 Å². The Morgan fingerprint density at radius 1 is 1.58 bits per heavy atom. The zero-order valence-electron chi connectivity index (χ0n) is 7.97. The van der Waals surface area contributed by atoms with E-state index in [1.54, 1.807) is 0 Å². The predicted molar refractivity (Wildman–Crippen MR) is 56.2 cm³/mol. The normalized spacial score (nSPS) is 19.6. The molecule has 0 aromatic carbocycles. The summed E-state index contributed by atoms with van der Waals surface area (Å²) in [4.78, 5) is 3.02. The molecule has 12 heavy (non-hydrogen) atoms. The van der Waals surface area contributed by atoms with Gasteiger partial charge in [0.1, 0.15) is 0 Å². The van der Waals surface area contributed by atoms with Crippen LogP contribution in [0.1, 0.15) is 26.2 Å². The van der Waals surface area contributed by atoms with Crippen molar-refractivity contribution in [1.82, 2.24) is 4.90 Å². The van der Waals surface area contributed by atoms with Crippen molar-refractivity contribution < 1.29 is 0 Å². The van der Waals surface area contributed by atoms with Crippen LogP contribution in [0.2, 0.25) is 0 Å². The quantitative estimate of drug-likeness (QED) is 0.658. The first-order valence-corrected chi connectivity index (χ1v) is 4.96. The molecule has 0 saturated heterocycles. The SMILES string of the molecule is CCN(C)CC1(CC(N)=S)CC1. The molecule has 0 spiro atoms. The first kappa shape index (κ1) is 9.93. The van der Waals surface area contributed by atoms with E-state index in [-0.39, 0.29) is 0 Å². The van der Waals surface area contributed by atoms with E-state index < -0.39 is 0 Å². The molecule has 1 aliphatic carbocycles. The second kappa shape index (κ2) is 3.71. The second-order valence-corrected chi connectivity index (χ2v) is 4.50. The molecule has 0 unspecified atom stereocenters. The van der Waals surface area contributed by atoms with Crippen molar-refractivity contribution >= 4 is 17.2 Å². The van der Waals surface area contributed by atoms with Crippen LogP contribution in [-0.2, 0) is 0 Å². The van der Waals surface area contributed by atoms with Gasteiger partial charge in [0.05, 0.1) is 4.99 Å². The number of nitrogens with two attached hydrogens (primary N) is 1. The summed E-state index contributed by atoms with van der Waals surface area (Å²) in [6.07, 6.45) is 3.54. The molecule has 0 aromatic heterocycles. The summed E-state index contributed by atoms with van der Waals surface area (Å²) >= 11 is 4.93. The lowest BCUT2D eigenvalue weighted by Gasteiger charge is -2.21. The Kier molecular flexibility index (Phi) is 3.07. The van der Waals surface area contributed by atoms with Crippen LogP contribution in [0.5, 0.6) is 0 Å². The molecular weight excluding hydrogens is 168 g/mol. The third-order valence-corrected chi connectivity index (χ3v) is 2.80. The minimum Gasteiger partial charge on any atom is -0.393 e. The zero-order chi connectivity index (χ0) is 9.19. The Labute approximate surface area is 80.1 Å². The van der Waals surface area contributed by atoms with Crippen molar-refractivity contribution in [2.45, 2.75) is 26.2 Å². The Bertz CT molecular complexity index is 175. The summed E-state index contributed by atoms with van der Waals surface area (Å²) in [6, 6.07) is 0. The molecule has 3 heteroatoms. The average molecular weight is 186 g/mol. The molecular formula is C9H18N2S. The van der Waals surface area contributed by atoms with E-state index in [0.29, 0.717) is 10.4 Å². The maximum atomic E-state index is 5.55. The molecule has 1 saturated carbocycles. The molecule has 2 N–H and O–H groups in total. The lowest BCUT2D eigenvalue weighted by atomic mass is 10.0. The van der Waals surface area contributed by atoms with Crippen LogP contribution in [0.25, 0.3) is 0 Å². The number of nitrogens with zero attached hydrogens (tertiary/aromatic N) is 1. The standard InChI is InChI=1S/C9H18N2S/c1-3-11(2)7-9(4-5-9)6-8(10)12/h3-7H2,1-2H3,(H2,10,12). The summed E-state index contributed by atoms with van der Waals surface area (Å²) in [5, 5.41) is 0. The molecule has 0 aromatic rings. The maximum absolute atomic E-state index is 5.55. The smallest absolute Gasteiger partial charge is 0.0733 e. The molecule has 0 aliphatic heterocycles. The lowest BCUT2D eigenvalue weighted by molar-refractivity contribution is 0.279. The number of hydrogen-bond donors (Lipinski definition) is 1. The number of hydrogen-bond acceptors (Lipinski definition) is 2. The Morgan fingerprint density at radius 3 is 2.50 bits per heavy atom. The van der Waals surface area contributed by atoms with E-state index in [1.807, 2.05) is 0 Å². The predicted octanol–water partition coefficient (Wildman–Crippen LogP) is 1.39. The Morgan fingerprint density at radius 2 is 2.17 bits per heavy atom. The van der Waals surface area contributed by atoms with Crippen molar-refractivity contribution in [3.8, 4) is 0 Å². The molecule has 0 radical (unpaired) electrons. The maximum Gasteiger partial charge on any atom is 0.0733 e. The van der Waals surface area contributed by atoms with E-state index >= 15 is 0 Å². The van der Waals surface area contributed by atoms with E-state index in [0.717, 1.165) is 19.5 Å². The van der Waals surface area contributed by atoms with Gasteiger partial charge in [-0.15, -0.1) is 0 Å². The van der Waals surface area contributed by atoms with Gasteiger partial charge in [0.25, 0.3) is 0 Å². The molecule has 0 heterocycles. The molecule has 2 nitrogen and oxygen atoms in total. The fourth-order valence-corrected chi connectivity index (χ4v) is 1.93. The summed E-state index contributed by atoms with van der Waals surface area (Å²) in [5.41, 5.74) is 6.00.